The van der Waals surface area contributed by atoms with Crippen LogP contribution in [-0.4, -0.2) is 36.7 Å². The second kappa shape index (κ2) is 5.50. The average molecular weight is 253 g/mol. The molecule has 0 aromatic rings. The fourth-order valence-corrected chi connectivity index (χ4v) is 4.01. The zero-order valence-electron chi connectivity index (χ0n) is 12.9. The van der Waals surface area contributed by atoms with Gasteiger partial charge in [-0.2, -0.15) is 0 Å². The lowest BCUT2D eigenvalue weighted by Gasteiger charge is -2.38. The SMILES string of the molecule is CCC(C)[C@]1(C)[C@H](C)O[C@H](CN2CCCC2)[C@H]1C. The molecule has 2 fully saturated rings. The van der Waals surface area contributed by atoms with Gasteiger partial charge in [-0.1, -0.05) is 34.1 Å². The zero-order chi connectivity index (χ0) is 13.3. The fraction of sp³-hybridized carbons (Fsp3) is 1.00. The first-order valence-corrected chi connectivity index (χ1v) is 7.88. The predicted octanol–water partition coefficient (Wildman–Crippen LogP) is 3.56. The van der Waals surface area contributed by atoms with Gasteiger partial charge in [-0.3, -0.25) is 0 Å². The van der Waals surface area contributed by atoms with Crippen LogP contribution in [0.2, 0.25) is 0 Å². The van der Waals surface area contributed by atoms with Gasteiger partial charge in [0, 0.05) is 12.0 Å². The lowest BCUT2D eigenvalue weighted by molar-refractivity contribution is 0.00270. The third-order valence-electron chi connectivity index (χ3n) is 6.10. The van der Waals surface area contributed by atoms with Crippen molar-refractivity contribution in [2.75, 3.05) is 19.6 Å². The Balaban J connectivity index is 2.03. The van der Waals surface area contributed by atoms with Gasteiger partial charge in [0.15, 0.2) is 0 Å². The number of rotatable bonds is 4. The summed E-state index contributed by atoms with van der Waals surface area (Å²) in [4.78, 5) is 2.59. The van der Waals surface area contributed by atoms with Crippen molar-refractivity contribution in [1.82, 2.24) is 4.90 Å². The summed E-state index contributed by atoms with van der Waals surface area (Å²) in [6, 6.07) is 0. The summed E-state index contributed by atoms with van der Waals surface area (Å²) >= 11 is 0. The Morgan fingerprint density at radius 2 is 1.89 bits per heavy atom. The molecule has 2 aliphatic heterocycles. The first-order chi connectivity index (χ1) is 8.50. The normalized spacial score (nSPS) is 43.5. The molecule has 0 radical (unpaired) electrons. The van der Waals surface area contributed by atoms with E-state index >= 15 is 0 Å². The molecule has 1 unspecified atom stereocenters. The maximum Gasteiger partial charge on any atom is 0.0737 e. The lowest BCUT2D eigenvalue weighted by Crippen LogP contribution is -2.39. The van der Waals surface area contributed by atoms with Gasteiger partial charge in [0.05, 0.1) is 12.2 Å². The largest absolute Gasteiger partial charge is 0.373 e. The van der Waals surface area contributed by atoms with Crippen molar-refractivity contribution in [3.63, 3.8) is 0 Å². The summed E-state index contributed by atoms with van der Waals surface area (Å²) in [5.74, 6) is 1.41. The summed E-state index contributed by atoms with van der Waals surface area (Å²) in [5, 5.41) is 0. The highest BCUT2D eigenvalue weighted by atomic mass is 16.5. The molecule has 106 valence electrons. The Hall–Kier alpha value is -0.0800. The van der Waals surface area contributed by atoms with E-state index in [2.05, 4.69) is 39.5 Å². The van der Waals surface area contributed by atoms with E-state index in [9.17, 15) is 0 Å². The fourth-order valence-electron chi connectivity index (χ4n) is 4.01. The minimum absolute atomic E-state index is 0.346. The van der Waals surface area contributed by atoms with E-state index < -0.39 is 0 Å². The first kappa shape index (κ1) is 14.3. The van der Waals surface area contributed by atoms with Crippen LogP contribution in [0.4, 0.5) is 0 Å². The van der Waals surface area contributed by atoms with Crippen LogP contribution in [-0.2, 0) is 4.74 Å². The minimum atomic E-state index is 0.346. The molecule has 2 aliphatic rings. The molecule has 0 aliphatic carbocycles. The number of likely N-dealkylation sites (tertiary alicyclic amines) is 1. The van der Waals surface area contributed by atoms with Crippen LogP contribution in [0.25, 0.3) is 0 Å². The number of ether oxygens (including phenoxy) is 1. The van der Waals surface area contributed by atoms with Crippen molar-refractivity contribution in [2.24, 2.45) is 17.3 Å². The summed E-state index contributed by atoms with van der Waals surface area (Å²) in [7, 11) is 0. The Kier molecular flexibility index (Phi) is 4.38. The number of hydrogen-bond donors (Lipinski definition) is 0. The van der Waals surface area contributed by atoms with Crippen LogP contribution < -0.4 is 0 Å². The molecule has 0 aromatic heterocycles. The Morgan fingerprint density at radius 3 is 2.44 bits per heavy atom. The van der Waals surface area contributed by atoms with Gasteiger partial charge in [-0.15, -0.1) is 0 Å². The van der Waals surface area contributed by atoms with E-state index in [1.165, 1.54) is 32.4 Å². The molecule has 2 heterocycles. The van der Waals surface area contributed by atoms with Crippen molar-refractivity contribution in [2.45, 2.75) is 66.1 Å². The van der Waals surface area contributed by atoms with E-state index in [0.29, 0.717) is 23.5 Å². The number of nitrogens with zero attached hydrogens (tertiary/aromatic N) is 1. The molecule has 0 bridgehead atoms. The molecule has 2 heteroatoms. The molecule has 0 aromatic carbocycles. The van der Waals surface area contributed by atoms with Crippen LogP contribution in [0.5, 0.6) is 0 Å². The zero-order valence-corrected chi connectivity index (χ0v) is 12.9. The van der Waals surface area contributed by atoms with Gasteiger partial charge in [0.2, 0.25) is 0 Å². The molecule has 2 saturated heterocycles. The van der Waals surface area contributed by atoms with Gasteiger partial charge >= 0.3 is 0 Å². The Bertz CT molecular complexity index is 274. The minimum Gasteiger partial charge on any atom is -0.373 e. The molecule has 5 atom stereocenters. The van der Waals surface area contributed by atoms with E-state index in [-0.39, 0.29) is 0 Å². The second-order valence-corrected chi connectivity index (χ2v) is 6.79. The summed E-state index contributed by atoms with van der Waals surface area (Å²) in [5.41, 5.74) is 0.346. The standard InChI is InChI=1S/C16H31NO/c1-6-12(2)16(5)13(3)15(18-14(16)4)11-17-9-7-8-10-17/h12-15H,6-11H2,1-5H3/t12?,13-,14+,15-,16+/m1/s1. The predicted molar refractivity (Wildman–Crippen MR) is 76.7 cm³/mol. The van der Waals surface area contributed by atoms with Crippen molar-refractivity contribution >= 4 is 0 Å². The highest BCUT2D eigenvalue weighted by Crippen LogP contribution is 2.49. The van der Waals surface area contributed by atoms with Crippen LogP contribution in [0.1, 0.15) is 53.9 Å². The molecule has 2 nitrogen and oxygen atoms in total. The highest BCUT2D eigenvalue weighted by molar-refractivity contribution is 4.99. The lowest BCUT2D eigenvalue weighted by atomic mass is 9.65. The van der Waals surface area contributed by atoms with Crippen molar-refractivity contribution in [3.05, 3.63) is 0 Å². The van der Waals surface area contributed by atoms with E-state index in [4.69, 9.17) is 4.74 Å². The average Bonchev–Trinajstić information content (AvgIpc) is 2.93. The maximum atomic E-state index is 6.33. The monoisotopic (exact) mass is 253 g/mol. The third-order valence-corrected chi connectivity index (χ3v) is 6.10. The van der Waals surface area contributed by atoms with Gasteiger partial charge in [0.1, 0.15) is 0 Å². The van der Waals surface area contributed by atoms with Gasteiger partial charge in [-0.25, -0.2) is 0 Å². The van der Waals surface area contributed by atoms with Crippen LogP contribution in [0.15, 0.2) is 0 Å². The van der Waals surface area contributed by atoms with Crippen molar-refractivity contribution < 1.29 is 4.74 Å². The van der Waals surface area contributed by atoms with Crippen molar-refractivity contribution in [1.29, 1.82) is 0 Å². The van der Waals surface area contributed by atoms with E-state index in [1.54, 1.807) is 0 Å². The van der Waals surface area contributed by atoms with Crippen LogP contribution in [0, 0.1) is 17.3 Å². The van der Waals surface area contributed by atoms with Crippen LogP contribution in [0.3, 0.4) is 0 Å². The van der Waals surface area contributed by atoms with Gasteiger partial charge in [0.25, 0.3) is 0 Å². The molecule has 0 N–H and O–H groups in total. The molecule has 0 saturated carbocycles. The maximum absolute atomic E-state index is 6.33. The quantitative estimate of drug-likeness (QED) is 0.759. The molecular formula is C16H31NO. The summed E-state index contributed by atoms with van der Waals surface area (Å²) in [6.45, 7) is 15.6. The van der Waals surface area contributed by atoms with Gasteiger partial charge in [-0.05, 0) is 44.7 Å². The summed E-state index contributed by atoms with van der Waals surface area (Å²) < 4.78 is 6.33. The van der Waals surface area contributed by atoms with E-state index in [1.807, 2.05) is 0 Å². The first-order valence-electron chi connectivity index (χ1n) is 7.88. The van der Waals surface area contributed by atoms with E-state index in [0.717, 1.165) is 12.5 Å². The molecule has 18 heavy (non-hydrogen) atoms. The highest BCUT2D eigenvalue weighted by Gasteiger charge is 2.51. The van der Waals surface area contributed by atoms with Crippen LogP contribution >= 0.6 is 0 Å². The molecule has 0 spiro atoms. The topological polar surface area (TPSA) is 12.5 Å². The summed E-state index contributed by atoms with van der Waals surface area (Å²) in [6.07, 6.45) is 4.84. The smallest absolute Gasteiger partial charge is 0.0737 e. The van der Waals surface area contributed by atoms with Gasteiger partial charge < -0.3 is 9.64 Å². The third kappa shape index (κ3) is 2.34. The van der Waals surface area contributed by atoms with Crippen molar-refractivity contribution in [3.8, 4) is 0 Å². The number of hydrogen-bond acceptors (Lipinski definition) is 2. The molecule has 2 rings (SSSR count). The molecule has 0 amide bonds. The Morgan fingerprint density at radius 1 is 1.28 bits per heavy atom. The Labute approximate surface area is 113 Å². The second-order valence-electron chi connectivity index (χ2n) is 6.79. The molecular weight excluding hydrogens is 222 g/mol.